The van der Waals surface area contributed by atoms with Gasteiger partial charge in [-0.3, -0.25) is 4.79 Å². The Morgan fingerprint density at radius 2 is 1.90 bits per heavy atom. The van der Waals surface area contributed by atoms with Gasteiger partial charge in [0.1, 0.15) is 5.52 Å². The van der Waals surface area contributed by atoms with Crippen molar-refractivity contribution in [2.24, 2.45) is 0 Å². The monoisotopic (exact) mass is 455 g/mol. The number of para-hydroxylation sites is 1. The van der Waals surface area contributed by atoms with Gasteiger partial charge >= 0.3 is 0 Å². The van der Waals surface area contributed by atoms with Crippen LogP contribution in [0, 0.1) is 0 Å². The molecule has 1 amide bonds. The van der Waals surface area contributed by atoms with Crippen molar-refractivity contribution >= 4 is 59.1 Å². The summed E-state index contributed by atoms with van der Waals surface area (Å²) >= 11 is 6.02. The minimum atomic E-state index is 0. The van der Waals surface area contributed by atoms with Crippen molar-refractivity contribution < 1.29 is 9.21 Å². The molecule has 4 rings (SSSR count). The highest BCUT2D eigenvalue weighted by Gasteiger charge is 2.27. The number of nitrogen functional groups attached to an aromatic ring is 1. The fourth-order valence-electron chi connectivity index (χ4n) is 3.63. The third-order valence-corrected chi connectivity index (χ3v) is 5.46. The standard InChI is InChI=1S/C21H22ClN3O2.2ClH/c22-16-6-7-19-18(13-16)24-21(27-19)15-9-11-25(12-10-15)20(26)8-5-14-3-1-2-4-17(14)23;;/h1-4,6-7,13,15H,5,8-12,23H2;2*1H. The van der Waals surface area contributed by atoms with Crippen molar-refractivity contribution in [1.29, 1.82) is 0 Å². The van der Waals surface area contributed by atoms with Crippen molar-refractivity contribution in [2.45, 2.75) is 31.6 Å². The summed E-state index contributed by atoms with van der Waals surface area (Å²) in [5.41, 5.74) is 9.29. The van der Waals surface area contributed by atoms with E-state index in [4.69, 9.17) is 21.8 Å². The maximum atomic E-state index is 12.5. The van der Waals surface area contributed by atoms with Crippen LogP contribution in [0.1, 0.15) is 36.6 Å². The molecule has 1 saturated heterocycles. The molecule has 156 valence electrons. The van der Waals surface area contributed by atoms with Gasteiger partial charge in [-0.2, -0.15) is 0 Å². The Balaban J connectivity index is 0.00000150. The minimum Gasteiger partial charge on any atom is -0.440 e. The minimum absolute atomic E-state index is 0. The molecular weight excluding hydrogens is 433 g/mol. The van der Waals surface area contributed by atoms with Crippen molar-refractivity contribution in [3.63, 3.8) is 0 Å². The Bertz CT molecular complexity index is 969. The summed E-state index contributed by atoms with van der Waals surface area (Å²) in [6.07, 6.45) is 2.89. The summed E-state index contributed by atoms with van der Waals surface area (Å²) < 4.78 is 5.89. The van der Waals surface area contributed by atoms with E-state index in [2.05, 4.69) is 4.98 Å². The number of anilines is 1. The first-order valence-corrected chi connectivity index (χ1v) is 9.65. The molecule has 0 unspecified atom stereocenters. The summed E-state index contributed by atoms with van der Waals surface area (Å²) in [5.74, 6) is 1.17. The fraction of sp³-hybridized carbons (Fsp3) is 0.333. The quantitative estimate of drug-likeness (QED) is 0.544. The van der Waals surface area contributed by atoms with Gasteiger partial charge in [0.05, 0.1) is 0 Å². The van der Waals surface area contributed by atoms with Gasteiger partial charge < -0.3 is 15.1 Å². The third-order valence-electron chi connectivity index (χ3n) is 5.23. The van der Waals surface area contributed by atoms with Gasteiger partial charge in [0.2, 0.25) is 5.91 Å². The first-order valence-electron chi connectivity index (χ1n) is 9.27. The van der Waals surface area contributed by atoms with E-state index in [1.807, 2.05) is 41.3 Å². The molecule has 1 aliphatic rings. The predicted octanol–water partition coefficient (Wildman–Crippen LogP) is 5.25. The Hall–Kier alpha value is -1.95. The van der Waals surface area contributed by atoms with E-state index in [0.29, 0.717) is 17.9 Å². The zero-order valence-electron chi connectivity index (χ0n) is 15.8. The number of hydrogen-bond donors (Lipinski definition) is 1. The van der Waals surface area contributed by atoms with Crippen LogP contribution in [0.4, 0.5) is 5.69 Å². The summed E-state index contributed by atoms with van der Waals surface area (Å²) in [4.78, 5) is 19.1. The lowest BCUT2D eigenvalue weighted by atomic mass is 9.96. The molecule has 0 atom stereocenters. The van der Waals surface area contributed by atoms with Gasteiger partial charge in [-0.1, -0.05) is 29.8 Å². The number of fused-ring (bicyclic) bond motifs is 1. The molecule has 8 heteroatoms. The van der Waals surface area contributed by atoms with Crippen molar-refractivity contribution in [1.82, 2.24) is 9.88 Å². The Morgan fingerprint density at radius 3 is 2.62 bits per heavy atom. The number of halogens is 3. The van der Waals surface area contributed by atoms with Gasteiger partial charge in [0.25, 0.3) is 0 Å². The number of carbonyl (C=O) groups excluding carboxylic acids is 1. The number of aryl methyl sites for hydroxylation is 1. The molecule has 2 aromatic carbocycles. The lowest BCUT2D eigenvalue weighted by molar-refractivity contribution is -0.132. The van der Waals surface area contributed by atoms with Crippen molar-refractivity contribution in [2.75, 3.05) is 18.8 Å². The molecule has 1 fully saturated rings. The van der Waals surface area contributed by atoms with Gasteiger partial charge in [-0.05, 0) is 49.1 Å². The molecule has 0 radical (unpaired) electrons. The number of hydrogen-bond acceptors (Lipinski definition) is 4. The number of rotatable bonds is 4. The average molecular weight is 457 g/mol. The topological polar surface area (TPSA) is 72.4 Å². The Labute approximate surface area is 187 Å². The fourth-order valence-corrected chi connectivity index (χ4v) is 3.80. The molecule has 1 aromatic heterocycles. The van der Waals surface area contributed by atoms with Crippen LogP contribution in [-0.2, 0) is 11.2 Å². The molecule has 3 aromatic rings. The van der Waals surface area contributed by atoms with Crippen LogP contribution < -0.4 is 5.73 Å². The number of nitrogens with zero attached hydrogens (tertiary/aromatic N) is 2. The molecule has 1 aliphatic heterocycles. The maximum absolute atomic E-state index is 12.5. The smallest absolute Gasteiger partial charge is 0.222 e. The molecular formula is C21H24Cl3N3O2. The third kappa shape index (κ3) is 5.35. The van der Waals surface area contributed by atoms with E-state index in [9.17, 15) is 4.79 Å². The molecule has 2 N–H and O–H groups in total. The van der Waals surface area contributed by atoms with E-state index < -0.39 is 0 Å². The summed E-state index contributed by atoms with van der Waals surface area (Å²) in [6, 6.07) is 13.2. The molecule has 5 nitrogen and oxygen atoms in total. The van der Waals surface area contributed by atoms with Crippen LogP contribution in [0.3, 0.4) is 0 Å². The van der Waals surface area contributed by atoms with E-state index in [1.54, 1.807) is 6.07 Å². The van der Waals surface area contributed by atoms with Gasteiger partial charge in [-0.25, -0.2) is 4.98 Å². The van der Waals surface area contributed by atoms with E-state index >= 15 is 0 Å². The summed E-state index contributed by atoms with van der Waals surface area (Å²) in [7, 11) is 0. The largest absolute Gasteiger partial charge is 0.440 e. The number of amides is 1. The highest BCUT2D eigenvalue weighted by Crippen LogP contribution is 2.31. The number of nitrogens with two attached hydrogens (primary N) is 1. The van der Waals surface area contributed by atoms with Crippen LogP contribution in [-0.4, -0.2) is 28.9 Å². The number of likely N-dealkylation sites (tertiary alicyclic amines) is 1. The molecule has 2 heterocycles. The average Bonchev–Trinajstić information content (AvgIpc) is 3.10. The SMILES string of the molecule is Cl.Cl.Nc1ccccc1CCC(=O)N1CCC(c2nc3cc(Cl)ccc3o2)CC1. The van der Waals surface area contributed by atoms with E-state index in [-0.39, 0.29) is 36.6 Å². The van der Waals surface area contributed by atoms with Crippen LogP contribution in [0.25, 0.3) is 11.1 Å². The molecule has 0 bridgehead atoms. The number of benzene rings is 2. The highest BCUT2D eigenvalue weighted by atomic mass is 35.5. The molecule has 29 heavy (non-hydrogen) atoms. The number of piperidine rings is 1. The first kappa shape index (κ1) is 23.3. The second-order valence-electron chi connectivity index (χ2n) is 7.02. The lowest BCUT2D eigenvalue weighted by Gasteiger charge is -2.30. The van der Waals surface area contributed by atoms with E-state index in [1.165, 1.54) is 0 Å². The highest BCUT2D eigenvalue weighted by molar-refractivity contribution is 6.31. The molecule has 0 spiro atoms. The van der Waals surface area contributed by atoms with E-state index in [0.717, 1.165) is 54.2 Å². The second-order valence-corrected chi connectivity index (χ2v) is 7.45. The van der Waals surface area contributed by atoms with Crippen LogP contribution in [0.2, 0.25) is 5.02 Å². The van der Waals surface area contributed by atoms with Crippen molar-refractivity contribution in [3.8, 4) is 0 Å². The number of oxazole rings is 1. The van der Waals surface area contributed by atoms with Crippen LogP contribution >= 0.6 is 36.4 Å². The van der Waals surface area contributed by atoms with Gasteiger partial charge in [-0.15, -0.1) is 24.8 Å². The summed E-state index contributed by atoms with van der Waals surface area (Å²) in [6.45, 7) is 1.46. The maximum Gasteiger partial charge on any atom is 0.222 e. The Morgan fingerprint density at radius 1 is 1.17 bits per heavy atom. The number of carbonyl (C=O) groups is 1. The zero-order valence-corrected chi connectivity index (χ0v) is 18.2. The molecule has 0 saturated carbocycles. The number of aromatic nitrogens is 1. The lowest BCUT2D eigenvalue weighted by Crippen LogP contribution is -2.38. The van der Waals surface area contributed by atoms with Crippen molar-refractivity contribution in [3.05, 3.63) is 58.9 Å². The first-order chi connectivity index (χ1) is 13.1. The van der Waals surface area contributed by atoms with Crippen LogP contribution in [0.15, 0.2) is 46.9 Å². The zero-order chi connectivity index (χ0) is 18.8. The van der Waals surface area contributed by atoms with Crippen LogP contribution in [0.5, 0.6) is 0 Å². The normalized spacial score (nSPS) is 14.3. The predicted molar refractivity (Wildman–Crippen MR) is 121 cm³/mol. The van der Waals surface area contributed by atoms with Gasteiger partial charge in [0.15, 0.2) is 11.5 Å². The second kappa shape index (κ2) is 10.2. The molecule has 0 aliphatic carbocycles. The summed E-state index contributed by atoms with van der Waals surface area (Å²) in [5, 5.41) is 0.654. The Kier molecular flexibility index (Phi) is 8.20. The van der Waals surface area contributed by atoms with Gasteiger partial charge in [0, 0.05) is 36.1 Å².